The Balaban J connectivity index is 2.19. The zero-order valence-electron chi connectivity index (χ0n) is 17.7. The average Bonchev–Trinajstić information content (AvgIpc) is 3.03. The van der Waals surface area contributed by atoms with Gasteiger partial charge in [-0.2, -0.15) is 5.10 Å². The fourth-order valence-corrected chi connectivity index (χ4v) is 4.12. The van der Waals surface area contributed by atoms with Gasteiger partial charge in [-0.05, 0) is 36.6 Å². The molecule has 3 aromatic rings. The van der Waals surface area contributed by atoms with Crippen LogP contribution < -0.4 is 4.74 Å². The minimum atomic E-state index is -0.193. The topological polar surface area (TPSA) is 45.5 Å². The molecule has 0 aliphatic rings. The highest BCUT2D eigenvalue weighted by molar-refractivity contribution is 5.96. The maximum atomic E-state index is 5.58. The zero-order chi connectivity index (χ0) is 20.3. The molecular weight excluding hydrogens is 352 g/mol. The Morgan fingerprint density at radius 3 is 2.46 bits per heavy atom. The number of aryl methyl sites for hydroxylation is 2. The van der Waals surface area contributed by atoms with Crippen molar-refractivity contribution in [2.45, 2.75) is 25.7 Å². The summed E-state index contributed by atoms with van der Waals surface area (Å²) < 4.78 is 18.3. The monoisotopic (exact) mass is 382 g/mol. The van der Waals surface area contributed by atoms with Gasteiger partial charge in [0, 0.05) is 44.2 Å². The number of aromatic nitrogens is 2. The number of hydrogen-bond acceptors (Lipinski definition) is 4. The van der Waals surface area contributed by atoms with E-state index < -0.39 is 0 Å². The molecular formula is C23H30N2O3. The second kappa shape index (κ2) is 8.33. The summed E-state index contributed by atoms with van der Waals surface area (Å²) in [6.45, 7) is 5.60. The normalized spacial score (nSPS) is 13.6. The van der Waals surface area contributed by atoms with Crippen molar-refractivity contribution < 1.29 is 14.2 Å². The molecule has 0 amide bonds. The molecule has 0 N–H and O–H groups in total. The lowest BCUT2D eigenvalue weighted by Gasteiger charge is -2.29. The van der Waals surface area contributed by atoms with Gasteiger partial charge in [0.25, 0.3) is 0 Å². The molecule has 0 bridgehead atoms. The minimum Gasteiger partial charge on any atom is -0.497 e. The number of fused-ring (bicyclic) bond motifs is 1. The zero-order valence-corrected chi connectivity index (χ0v) is 17.7. The molecule has 1 heterocycles. The van der Waals surface area contributed by atoms with E-state index in [1.807, 2.05) is 17.8 Å². The summed E-state index contributed by atoms with van der Waals surface area (Å²) in [5.74, 6) is 0.863. The van der Waals surface area contributed by atoms with E-state index in [0.29, 0.717) is 13.2 Å². The highest BCUT2D eigenvalue weighted by atomic mass is 16.5. The van der Waals surface area contributed by atoms with Crippen molar-refractivity contribution in [3.8, 4) is 16.9 Å². The first-order valence-corrected chi connectivity index (χ1v) is 9.54. The summed E-state index contributed by atoms with van der Waals surface area (Å²) >= 11 is 0. The lowest BCUT2D eigenvalue weighted by molar-refractivity contribution is 0.100. The van der Waals surface area contributed by atoms with Crippen LogP contribution in [0.2, 0.25) is 0 Å². The third kappa shape index (κ3) is 3.64. The molecule has 5 heteroatoms. The third-order valence-corrected chi connectivity index (χ3v) is 5.48. The van der Waals surface area contributed by atoms with Gasteiger partial charge in [0.2, 0.25) is 0 Å². The summed E-state index contributed by atoms with van der Waals surface area (Å²) in [5.41, 5.74) is 5.45. The molecule has 1 unspecified atom stereocenters. The summed E-state index contributed by atoms with van der Waals surface area (Å²) in [6, 6.07) is 12.6. The Morgan fingerprint density at radius 1 is 1.04 bits per heavy atom. The first-order chi connectivity index (χ1) is 13.4. The molecule has 0 aliphatic heterocycles. The van der Waals surface area contributed by atoms with Gasteiger partial charge in [-0.1, -0.05) is 31.2 Å². The van der Waals surface area contributed by atoms with Gasteiger partial charge in [-0.3, -0.25) is 4.68 Å². The van der Waals surface area contributed by atoms with Crippen LogP contribution in [-0.2, 0) is 21.9 Å². The van der Waals surface area contributed by atoms with Crippen LogP contribution in [0.4, 0.5) is 0 Å². The molecule has 0 aliphatic carbocycles. The van der Waals surface area contributed by atoms with Crippen LogP contribution in [0.15, 0.2) is 36.4 Å². The second-order valence-corrected chi connectivity index (χ2v) is 7.59. The summed E-state index contributed by atoms with van der Waals surface area (Å²) in [7, 11) is 7.19. The lowest BCUT2D eigenvalue weighted by Crippen LogP contribution is -2.32. The molecule has 0 fully saturated rings. The first-order valence-electron chi connectivity index (χ1n) is 9.54. The maximum absolute atomic E-state index is 5.58. The number of hydrogen-bond donors (Lipinski definition) is 0. The van der Waals surface area contributed by atoms with Crippen molar-refractivity contribution in [1.82, 2.24) is 9.78 Å². The van der Waals surface area contributed by atoms with Crippen LogP contribution in [0.25, 0.3) is 22.0 Å². The molecule has 0 saturated carbocycles. The van der Waals surface area contributed by atoms with Crippen molar-refractivity contribution in [1.29, 1.82) is 0 Å². The largest absolute Gasteiger partial charge is 0.497 e. The van der Waals surface area contributed by atoms with Crippen LogP contribution in [0.1, 0.15) is 24.6 Å². The van der Waals surface area contributed by atoms with Crippen LogP contribution in [-0.4, -0.2) is 44.3 Å². The molecule has 0 saturated heterocycles. The Morgan fingerprint density at radius 2 is 1.82 bits per heavy atom. The SMILES string of the molecule is COCCC(C)(COC)c1c2cccc(-c3ccc(OC)cc3C)c2nn1C. The van der Waals surface area contributed by atoms with Gasteiger partial charge in [-0.15, -0.1) is 0 Å². The van der Waals surface area contributed by atoms with E-state index >= 15 is 0 Å². The van der Waals surface area contributed by atoms with Crippen molar-refractivity contribution in [3.05, 3.63) is 47.7 Å². The fraction of sp³-hybridized carbons (Fsp3) is 0.435. The van der Waals surface area contributed by atoms with Crippen LogP contribution in [0.5, 0.6) is 5.75 Å². The number of benzene rings is 2. The van der Waals surface area contributed by atoms with Gasteiger partial charge < -0.3 is 14.2 Å². The van der Waals surface area contributed by atoms with E-state index in [-0.39, 0.29) is 5.41 Å². The smallest absolute Gasteiger partial charge is 0.119 e. The molecule has 2 aromatic carbocycles. The summed E-state index contributed by atoms with van der Waals surface area (Å²) in [4.78, 5) is 0. The van der Waals surface area contributed by atoms with E-state index in [4.69, 9.17) is 19.3 Å². The molecule has 0 radical (unpaired) electrons. The average molecular weight is 383 g/mol. The van der Waals surface area contributed by atoms with Gasteiger partial charge in [0.05, 0.1) is 19.4 Å². The van der Waals surface area contributed by atoms with Crippen molar-refractivity contribution in [2.24, 2.45) is 7.05 Å². The Hall–Kier alpha value is -2.37. The van der Waals surface area contributed by atoms with E-state index in [1.54, 1.807) is 21.3 Å². The highest BCUT2D eigenvalue weighted by Crippen LogP contribution is 2.38. The molecule has 3 rings (SSSR count). The van der Waals surface area contributed by atoms with Crippen molar-refractivity contribution in [3.63, 3.8) is 0 Å². The molecule has 150 valence electrons. The van der Waals surface area contributed by atoms with Gasteiger partial charge >= 0.3 is 0 Å². The highest BCUT2D eigenvalue weighted by Gasteiger charge is 2.32. The second-order valence-electron chi connectivity index (χ2n) is 7.59. The minimum absolute atomic E-state index is 0.193. The third-order valence-electron chi connectivity index (χ3n) is 5.48. The lowest BCUT2D eigenvalue weighted by atomic mass is 9.82. The number of nitrogens with zero attached hydrogens (tertiary/aromatic N) is 2. The molecule has 1 atom stereocenters. The predicted octanol–water partition coefficient (Wildman–Crippen LogP) is 4.50. The van der Waals surface area contributed by atoms with Crippen LogP contribution >= 0.6 is 0 Å². The molecule has 1 aromatic heterocycles. The van der Waals surface area contributed by atoms with Gasteiger partial charge in [0.15, 0.2) is 0 Å². The van der Waals surface area contributed by atoms with Crippen LogP contribution in [0.3, 0.4) is 0 Å². The number of rotatable bonds is 8. The van der Waals surface area contributed by atoms with E-state index in [1.165, 1.54) is 11.3 Å². The van der Waals surface area contributed by atoms with Crippen molar-refractivity contribution in [2.75, 3.05) is 34.5 Å². The van der Waals surface area contributed by atoms with E-state index in [2.05, 4.69) is 44.2 Å². The Bertz CT molecular complexity index is 964. The summed E-state index contributed by atoms with van der Waals surface area (Å²) in [5, 5.41) is 6.08. The quantitative estimate of drug-likeness (QED) is 0.575. The maximum Gasteiger partial charge on any atom is 0.119 e. The Labute approximate surface area is 167 Å². The first kappa shape index (κ1) is 20.4. The standard InChI is InChI=1S/C23H30N2O3/c1-16-14-17(28-6)10-11-18(16)19-8-7-9-20-21(19)24-25(3)22(20)23(2,15-27-5)12-13-26-4/h7-11,14H,12-13,15H2,1-6H3. The summed E-state index contributed by atoms with van der Waals surface area (Å²) in [6.07, 6.45) is 0.859. The van der Waals surface area contributed by atoms with E-state index in [9.17, 15) is 0 Å². The predicted molar refractivity (Wildman–Crippen MR) is 113 cm³/mol. The van der Waals surface area contributed by atoms with E-state index in [0.717, 1.165) is 34.2 Å². The van der Waals surface area contributed by atoms with Crippen molar-refractivity contribution >= 4 is 10.9 Å². The number of ether oxygens (including phenoxy) is 3. The molecule has 28 heavy (non-hydrogen) atoms. The Kier molecular flexibility index (Phi) is 6.06. The van der Waals surface area contributed by atoms with Crippen LogP contribution in [0, 0.1) is 6.92 Å². The van der Waals surface area contributed by atoms with Gasteiger partial charge in [0.1, 0.15) is 11.3 Å². The molecule has 0 spiro atoms. The fourth-order valence-electron chi connectivity index (χ4n) is 4.12. The molecule has 5 nitrogen and oxygen atoms in total. The number of methoxy groups -OCH3 is 3. The van der Waals surface area contributed by atoms with Gasteiger partial charge in [-0.25, -0.2) is 0 Å².